The van der Waals surface area contributed by atoms with Crippen LogP contribution in [0.2, 0.25) is 18.1 Å². The van der Waals surface area contributed by atoms with Gasteiger partial charge in [-0.05, 0) is 82.9 Å². The van der Waals surface area contributed by atoms with Gasteiger partial charge in [-0.1, -0.05) is 229 Å². The highest BCUT2D eigenvalue weighted by molar-refractivity contribution is 8.00. The Morgan fingerprint density at radius 2 is 0.974 bits per heavy atom. The summed E-state index contributed by atoms with van der Waals surface area (Å²) in [6.45, 7) is 16.0. The number of carbonyl (C=O) groups is 4. The van der Waals surface area contributed by atoms with E-state index in [9.17, 15) is 24.6 Å². The molecule has 0 aliphatic carbocycles. The highest BCUT2D eigenvalue weighted by Crippen LogP contribution is 2.50. The fourth-order valence-electron chi connectivity index (χ4n) is 9.47. The summed E-state index contributed by atoms with van der Waals surface area (Å²) in [5.74, 6) is -1.86. The van der Waals surface area contributed by atoms with Crippen LogP contribution in [-0.4, -0.2) is 84.1 Å². The van der Waals surface area contributed by atoms with Crippen LogP contribution in [0.4, 0.5) is 0 Å². The molecule has 78 heavy (non-hydrogen) atoms. The van der Waals surface area contributed by atoms with Crippen molar-refractivity contribution in [2.45, 2.75) is 125 Å². The Labute approximate surface area is 472 Å². The average molecular weight is 1110 g/mol. The Balaban J connectivity index is 1.21. The van der Waals surface area contributed by atoms with Gasteiger partial charge in [0, 0.05) is 5.75 Å². The molecule has 3 amide bonds. The van der Waals surface area contributed by atoms with Gasteiger partial charge in [0.1, 0.15) is 12.1 Å². The minimum Gasteiger partial charge on any atom is -0.481 e. The smallest absolute Gasteiger partial charge is 0.306 e. The monoisotopic (exact) mass is 1110 g/mol. The van der Waals surface area contributed by atoms with Crippen molar-refractivity contribution in [3.8, 4) is 0 Å². The van der Waals surface area contributed by atoms with E-state index in [0.29, 0.717) is 18.6 Å². The maximum atomic E-state index is 15.1. The molecule has 13 heteroatoms. The van der Waals surface area contributed by atoms with Gasteiger partial charge in [0.25, 0.3) is 0 Å². The summed E-state index contributed by atoms with van der Waals surface area (Å²) < 4.78 is 5.48. The van der Waals surface area contributed by atoms with Gasteiger partial charge in [0.05, 0.1) is 40.6 Å². The van der Waals surface area contributed by atoms with Crippen molar-refractivity contribution in [2.24, 2.45) is 5.92 Å². The number of amides is 3. The van der Waals surface area contributed by atoms with Crippen LogP contribution in [0.25, 0.3) is 0 Å². The van der Waals surface area contributed by atoms with Gasteiger partial charge in [-0.15, -0.1) is 23.5 Å². The summed E-state index contributed by atoms with van der Waals surface area (Å²) in [6, 6.07) is 58.5. The Morgan fingerprint density at radius 3 is 1.35 bits per heavy atom. The number of carbonyl (C=O) groups excluding carboxylic acids is 3. The van der Waals surface area contributed by atoms with Crippen molar-refractivity contribution in [1.82, 2.24) is 16.0 Å². The first-order valence-corrected chi connectivity index (χ1v) is 31.9. The molecule has 5 N–H and O–H groups in total. The zero-order chi connectivity index (χ0) is 56.4. The van der Waals surface area contributed by atoms with E-state index in [-0.39, 0.29) is 29.6 Å². The van der Waals surface area contributed by atoms with Gasteiger partial charge in [-0.25, -0.2) is 0 Å². The molecule has 412 valence electrons. The standard InChI is InChI=1S/C65H79N3O7S2Si/c1-47(2)43-56(58(45-60(71)72)75-78(7,8)63(4,5)6)67-62(74)57(46-77-65(52-35-21-12-22-36-52,53-37-23-13-24-38-53)54-39-25-14-26-40-54)68-61(73)48(3)66-59(70)44-55(69)41-27-28-42-76-64(49-29-15-9-16-30-49,50-31-17-10-18-32-50)51-33-19-11-20-34-51/h9-27,29-41,47-48,55-58,69H,28,42-46H2,1-8H3,(H,66,70)(H,67,74)(H,68,73)(H,71,72)/b41-27+/t48-,55-,56-,57-,58+/m1/s1. The molecule has 6 aromatic carbocycles. The number of hydrogen-bond acceptors (Lipinski definition) is 8. The summed E-state index contributed by atoms with van der Waals surface area (Å²) in [4.78, 5) is 55.6. The van der Waals surface area contributed by atoms with E-state index in [0.717, 1.165) is 33.4 Å². The summed E-state index contributed by atoms with van der Waals surface area (Å²) in [6.07, 6.45) is 1.98. The molecule has 0 unspecified atom stereocenters. The average Bonchev–Trinajstić information content (AvgIpc) is 3.62. The molecule has 0 saturated heterocycles. The van der Waals surface area contributed by atoms with Crippen molar-refractivity contribution in [3.63, 3.8) is 0 Å². The predicted molar refractivity (Wildman–Crippen MR) is 323 cm³/mol. The number of aliphatic carboxylic acids is 1. The third kappa shape index (κ3) is 16.2. The number of nitrogens with one attached hydrogen (secondary N) is 3. The van der Waals surface area contributed by atoms with Crippen LogP contribution in [0.15, 0.2) is 194 Å². The Hall–Kier alpha value is -6.22. The zero-order valence-electron chi connectivity index (χ0n) is 46.4. The third-order valence-corrected chi connectivity index (χ3v) is 22.2. The van der Waals surface area contributed by atoms with E-state index < -0.39 is 71.8 Å². The zero-order valence-corrected chi connectivity index (χ0v) is 49.1. The molecule has 10 nitrogen and oxygen atoms in total. The van der Waals surface area contributed by atoms with Crippen LogP contribution in [0, 0.1) is 5.92 Å². The van der Waals surface area contributed by atoms with E-state index in [2.05, 4.69) is 159 Å². The number of rotatable bonds is 28. The number of carboxylic acids is 1. The van der Waals surface area contributed by atoms with E-state index in [4.69, 9.17) is 4.43 Å². The first kappa shape index (κ1) is 61.0. The predicted octanol–water partition coefficient (Wildman–Crippen LogP) is 12.5. The lowest BCUT2D eigenvalue weighted by atomic mass is 9.84. The van der Waals surface area contributed by atoms with Gasteiger partial charge in [-0.3, -0.25) is 19.2 Å². The van der Waals surface area contributed by atoms with Gasteiger partial charge in [-0.2, -0.15) is 0 Å². The molecule has 0 aliphatic heterocycles. The number of aliphatic hydroxyl groups is 1. The molecule has 0 bridgehead atoms. The number of thioether (sulfide) groups is 2. The second-order valence-electron chi connectivity index (χ2n) is 21.8. The molecule has 0 aliphatic rings. The minimum absolute atomic E-state index is 0.0524. The normalized spacial score (nSPS) is 14.2. The van der Waals surface area contributed by atoms with E-state index in [1.54, 1.807) is 13.0 Å². The van der Waals surface area contributed by atoms with Crippen molar-refractivity contribution in [2.75, 3.05) is 11.5 Å². The lowest BCUT2D eigenvalue weighted by Gasteiger charge is -2.42. The summed E-state index contributed by atoms with van der Waals surface area (Å²) in [7, 11) is -2.55. The van der Waals surface area contributed by atoms with Crippen LogP contribution in [0.3, 0.4) is 0 Å². The molecule has 0 radical (unpaired) electrons. The first-order valence-electron chi connectivity index (χ1n) is 27.0. The molecule has 5 atom stereocenters. The number of hydrogen-bond donors (Lipinski definition) is 5. The van der Waals surface area contributed by atoms with Crippen molar-refractivity contribution in [1.29, 1.82) is 0 Å². The van der Waals surface area contributed by atoms with Crippen LogP contribution in [-0.2, 0) is 33.1 Å². The molecular weight excluding hydrogens is 1030 g/mol. The molecule has 6 rings (SSSR count). The van der Waals surface area contributed by atoms with Gasteiger partial charge in [0.2, 0.25) is 17.7 Å². The summed E-state index contributed by atoms with van der Waals surface area (Å²) >= 11 is 3.31. The number of aliphatic hydroxyl groups excluding tert-OH is 1. The minimum atomic E-state index is -2.55. The number of benzene rings is 6. The molecule has 6 aromatic rings. The van der Waals surface area contributed by atoms with Crippen molar-refractivity contribution < 1.29 is 33.8 Å². The Morgan fingerprint density at radius 1 is 0.577 bits per heavy atom. The lowest BCUT2D eigenvalue weighted by Crippen LogP contribution is -2.58. The molecule has 0 aromatic heterocycles. The largest absolute Gasteiger partial charge is 0.481 e. The molecule has 0 heterocycles. The van der Waals surface area contributed by atoms with E-state index in [1.165, 1.54) is 11.8 Å². The first-order chi connectivity index (χ1) is 37.3. The maximum Gasteiger partial charge on any atom is 0.306 e. The molecule has 0 fully saturated rings. The van der Waals surface area contributed by atoms with Crippen LogP contribution in [0.5, 0.6) is 0 Å². The maximum absolute atomic E-state index is 15.1. The van der Waals surface area contributed by atoms with Crippen molar-refractivity contribution >= 4 is 55.5 Å². The second-order valence-corrected chi connectivity index (χ2v) is 29.1. The topological polar surface area (TPSA) is 154 Å². The van der Waals surface area contributed by atoms with Crippen LogP contribution >= 0.6 is 23.5 Å². The van der Waals surface area contributed by atoms with Crippen LogP contribution < -0.4 is 16.0 Å². The molecule has 0 spiro atoms. The SMILES string of the molecule is CC(C)C[C@@H](NC(=O)[C@@H](CSC(c1ccccc1)(c1ccccc1)c1ccccc1)NC(=O)[C@@H](C)NC(=O)C[C@H](O)/C=C/CCSC(c1ccccc1)(c1ccccc1)c1ccccc1)[C@H](CC(=O)O)O[Si](C)(C)C(C)(C)C. The lowest BCUT2D eigenvalue weighted by molar-refractivity contribution is -0.140. The fourth-order valence-corrected chi connectivity index (χ4v) is 13.9. The van der Waals surface area contributed by atoms with E-state index in [1.807, 2.05) is 104 Å². The second kappa shape index (κ2) is 28.6. The number of carboxylic acid groups (broad SMARTS) is 1. The highest BCUT2D eigenvalue weighted by atomic mass is 32.2. The summed E-state index contributed by atoms with van der Waals surface area (Å²) in [5.41, 5.74) is 6.36. The quantitative estimate of drug-likeness (QED) is 0.0140. The summed E-state index contributed by atoms with van der Waals surface area (Å²) in [5, 5.41) is 30.0. The van der Waals surface area contributed by atoms with Gasteiger partial charge in [0.15, 0.2) is 8.32 Å². The highest BCUT2D eigenvalue weighted by Gasteiger charge is 2.44. The molecular formula is C65H79N3O7S2Si. The van der Waals surface area contributed by atoms with E-state index >= 15 is 4.79 Å². The third-order valence-electron chi connectivity index (χ3n) is 14.4. The van der Waals surface area contributed by atoms with Gasteiger partial charge >= 0.3 is 5.97 Å². The van der Waals surface area contributed by atoms with Gasteiger partial charge < -0.3 is 30.6 Å². The Kier molecular flexibility index (Phi) is 22.4. The Bertz CT molecular complexity index is 2640. The number of allylic oxidation sites excluding steroid dienone is 1. The fraction of sp³-hybridized carbons (Fsp3) is 0.354. The van der Waals surface area contributed by atoms with Crippen LogP contribution in [0.1, 0.15) is 101 Å². The van der Waals surface area contributed by atoms with Crippen molar-refractivity contribution in [3.05, 3.63) is 228 Å². The molecule has 0 saturated carbocycles.